The highest BCUT2D eigenvalue weighted by atomic mass is 35.5. The number of hydrogen-bond donors (Lipinski definition) is 2. The lowest BCUT2D eigenvalue weighted by molar-refractivity contribution is 0.125. The van der Waals surface area contributed by atoms with Crippen molar-refractivity contribution in [2.75, 3.05) is 19.5 Å². The molecule has 3 rings (SSSR count). The van der Waals surface area contributed by atoms with E-state index in [1.54, 1.807) is 19.2 Å². The Labute approximate surface area is 156 Å². The van der Waals surface area contributed by atoms with Gasteiger partial charge in [0.15, 0.2) is 0 Å². The molecule has 134 valence electrons. The standard InChI is InChI=1S/C19H19ClN4O2/c1-24(18(25)21-13-12-20)17-22-16(14-8-4-2-5-9-14)19(26,23-17)15-10-6-3-7-11-15/h2-11,26H,12-13H2,1H3,(H,21,25). The molecule has 0 radical (unpaired) electrons. The van der Waals surface area contributed by atoms with Gasteiger partial charge in [-0.25, -0.2) is 14.8 Å². The lowest BCUT2D eigenvalue weighted by atomic mass is 9.94. The van der Waals surface area contributed by atoms with Crippen LogP contribution in [-0.2, 0) is 5.72 Å². The molecule has 1 aliphatic heterocycles. The molecule has 0 bridgehead atoms. The van der Waals surface area contributed by atoms with Crippen molar-refractivity contribution in [3.8, 4) is 0 Å². The van der Waals surface area contributed by atoms with Crippen molar-refractivity contribution in [3.05, 3.63) is 71.8 Å². The number of rotatable bonds is 4. The van der Waals surface area contributed by atoms with Gasteiger partial charge in [-0.2, -0.15) is 0 Å². The van der Waals surface area contributed by atoms with E-state index in [0.29, 0.717) is 23.7 Å². The molecule has 1 aliphatic rings. The lowest BCUT2D eigenvalue weighted by Crippen LogP contribution is -2.41. The maximum Gasteiger partial charge on any atom is 0.324 e. The summed E-state index contributed by atoms with van der Waals surface area (Å²) < 4.78 is 0. The maximum atomic E-state index is 12.2. The van der Waals surface area contributed by atoms with Crippen molar-refractivity contribution in [3.63, 3.8) is 0 Å². The highest BCUT2D eigenvalue weighted by Crippen LogP contribution is 2.32. The van der Waals surface area contributed by atoms with Gasteiger partial charge in [0.1, 0.15) is 5.71 Å². The molecule has 0 aliphatic carbocycles. The summed E-state index contributed by atoms with van der Waals surface area (Å²) in [6.07, 6.45) is 0. The molecule has 1 atom stereocenters. The van der Waals surface area contributed by atoms with Gasteiger partial charge in [0.05, 0.1) is 0 Å². The van der Waals surface area contributed by atoms with Crippen molar-refractivity contribution in [2.24, 2.45) is 9.98 Å². The molecule has 0 spiro atoms. The average molecular weight is 371 g/mol. The summed E-state index contributed by atoms with van der Waals surface area (Å²) >= 11 is 5.61. The first-order valence-corrected chi connectivity index (χ1v) is 8.69. The van der Waals surface area contributed by atoms with Gasteiger partial charge in [0.25, 0.3) is 0 Å². The van der Waals surface area contributed by atoms with E-state index in [1.165, 1.54) is 4.90 Å². The van der Waals surface area contributed by atoms with E-state index in [4.69, 9.17) is 11.6 Å². The molecule has 0 fully saturated rings. The molecule has 2 aromatic rings. The maximum absolute atomic E-state index is 12.2. The molecule has 0 saturated carbocycles. The van der Waals surface area contributed by atoms with Crippen LogP contribution >= 0.6 is 11.6 Å². The zero-order valence-electron chi connectivity index (χ0n) is 14.3. The van der Waals surface area contributed by atoms with E-state index in [9.17, 15) is 9.90 Å². The number of urea groups is 1. The van der Waals surface area contributed by atoms with Gasteiger partial charge in [-0.1, -0.05) is 60.7 Å². The molecule has 2 N–H and O–H groups in total. The average Bonchev–Trinajstić information content (AvgIpc) is 3.05. The van der Waals surface area contributed by atoms with Crippen LogP contribution in [0, 0.1) is 0 Å². The minimum absolute atomic E-state index is 0.127. The molecule has 6 nitrogen and oxygen atoms in total. The number of hydrogen-bond acceptors (Lipinski definition) is 4. The normalized spacial score (nSPS) is 18.9. The molecular formula is C19H19ClN4O2. The predicted octanol–water partition coefficient (Wildman–Crippen LogP) is 2.57. The van der Waals surface area contributed by atoms with Crippen LogP contribution in [-0.4, -0.2) is 47.2 Å². The number of aliphatic hydroxyl groups is 1. The van der Waals surface area contributed by atoms with E-state index in [-0.39, 0.29) is 5.96 Å². The van der Waals surface area contributed by atoms with Crippen LogP contribution in [0.1, 0.15) is 11.1 Å². The van der Waals surface area contributed by atoms with Crippen LogP contribution in [0.15, 0.2) is 70.6 Å². The van der Waals surface area contributed by atoms with Gasteiger partial charge in [0.2, 0.25) is 11.7 Å². The van der Waals surface area contributed by atoms with Gasteiger partial charge in [-0.05, 0) is 0 Å². The van der Waals surface area contributed by atoms with Gasteiger partial charge in [-0.3, -0.25) is 4.90 Å². The summed E-state index contributed by atoms with van der Waals surface area (Å²) in [5.41, 5.74) is 0.00882. The number of halogens is 1. The number of benzene rings is 2. The molecular weight excluding hydrogens is 352 g/mol. The van der Waals surface area contributed by atoms with Crippen molar-refractivity contribution in [2.45, 2.75) is 5.72 Å². The fraction of sp³-hybridized carbons (Fsp3) is 0.211. The number of nitrogens with zero attached hydrogens (tertiary/aromatic N) is 3. The monoisotopic (exact) mass is 370 g/mol. The van der Waals surface area contributed by atoms with Crippen LogP contribution in [0.4, 0.5) is 4.79 Å². The van der Waals surface area contributed by atoms with Gasteiger partial charge < -0.3 is 10.4 Å². The number of alkyl halides is 1. The summed E-state index contributed by atoms with van der Waals surface area (Å²) in [5.74, 6) is 0.431. The minimum atomic E-state index is -1.67. The fourth-order valence-electron chi connectivity index (χ4n) is 2.65. The highest BCUT2D eigenvalue weighted by Gasteiger charge is 2.42. The van der Waals surface area contributed by atoms with Crippen molar-refractivity contribution in [1.82, 2.24) is 10.2 Å². The zero-order valence-corrected chi connectivity index (χ0v) is 15.0. The second-order valence-electron chi connectivity index (χ2n) is 5.76. The lowest BCUT2D eigenvalue weighted by Gasteiger charge is -2.22. The van der Waals surface area contributed by atoms with E-state index in [1.807, 2.05) is 48.5 Å². The van der Waals surface area contributed by atoms with Crippen LogP contribution in [0.25, 0.3) is 0 Å². The molecule has 2 amide bonds. The zero-order chi connectivity index (χ0) is 18.6. The number of guanidine groups is 1. The topological polar surface area (TPSA) is 77.3 Å². The Hall–Kier alpha value is -2.70. The largest absolute Gasteiger partial charge is 0.361 e. The number of carbonyl (C=O) groups excluding carboxylic acids is 1. The molecule has 26 heavy (non-hydrogen) atoms. The Morgan fingerprint density at radius 2 is 1.77 bits per heavy atom. The molecule has 2 aromatic carbocycles. The molecule has 1 unspecified atom stereocenters. The summed E-state index contributed by atoms with van der Waals surface area (Å²) in [6.45, 7) is 0.330. The van der Waals surface area contributed by atoms with Crippen LogP contribution in [0.2, 0.25) is 0 Å². The summed E-state index contributed by atoms with van der Waals surface area (Å²) in [6, 6.07) is 18.0. The van der Waals surface area contributed by atoms with Crippen LogP contribution in [0.3, 0.4) is 0 Å². The number of nitrogens with one attached hydrogen (secondary N) is 1. The van der Waals surface area contributed by atoms with Crippen molar-refractivity contribution in [1.29, 1.82) is 0 Å². The first-order chi connectivity index (χ1) is 12.6. The second kappa shape index (κ2) is 7.68. The van der Waals surface area contributed by atoms with E-state index in [2.05, 4.69) is 15.3 Å². The molecule has 0 saturated heterocycles. The van der Waals surface area contributed by atoms with Gasteiger partial charge in [0, 0.05) is 30.6 Å². The summed E-state index contributed by atoms with van der Waals surface area (Å²) in [5, 5.41) is 14.0. The molecule has 0 aromatic heterocycles. The number of amides is 2. The van der Waals surface area contributed by atoms with Crippen LogP contribution in [0.5, 0.6) is 0 Å². The SMILES string of the molecule is CN(C(=O)NCCCl)C1=NC(O)(c2ccccc2)C(c2ccccc2)=N1. The third-order valence-corrected chi connectivity index (χ3v) is 4.19. The van der Waals surface area contributed by atoms with Gasteiger partial charge in [-0.15, -0.1) is 11.6 Å². The predicted molar refractivity (Wildman–Crippen MR) is 103 cm³/mol. The smallest absolute Gasteiger partial charge is 0.324 e. The Bertz CT molecular complexity index is 839. The highest BCUT2D eigenvalue weighted by molar-refractivity contribution is 6.18. The fourth-order valence-corrected chi connectivity index (χ4v) is 2.74. The summed E-state index contributed by atoms with van der Waals surface area (Å²) in [7, 11) is 1.55. The Kier molecular flexibility index (Phi) is 5.35. The Balaban J connectivity index is 2.02. The first-order valence-electron chi connectivity index (χ1n) is 8.16. The van der Waals surface area contributed by atoms with E-state index < -0.39 is 11.8 Å². The molecule has 1 heterocycles. The third kappa shape index (κ3) is 3.47. The van der Waals surface area contributed by atoms with E-state index in [0.717, 1.165) is 5.56 Å². The first kappa shape index (κ1) is 18.1. The van der Waals surface area contributed by atoms with Crippen LogP contribution < -0.4 is 5.32 Å². The molecule has 7 heteroatoms. The Morgan fingerprint density at radius 3 is 2.38 bits per heavy atom. The van der Waals surface area contributed by atoms with Crippen molar-refractivity contribution >= 4 is 29.3 Å². The Morgan fingerprint density at radius 1 is 1.15 bits per heavy atom. The minimum Gasteiger partial charge on any atom is -0.361 e. The second-order valence-corrected chi connectivity index (χ2v) is 6.13. The van der Waals surface area contributed by atoms with Crippen molar-refractivity contribution < 1.29 is 9.90 Å². The third-order valence-electron chi connectivity index (χ3n) is 4.00. The summed E-state index contributed by atoms with van der Waals surface area (Å²) in [4.78, 5) is 22.3. The quantitative estimate of drug-likeness (QED) is 0.811. The number of aliphatic imine (C=N–C) groups is 2. The van der Waals surface area contributed by atoms with E-state index >= 15 is 0 Å². The van der Waals surface area contributed by atoms with Gasteiger partial charge >= 0.3 is 6.03 Å². The number of carbonyl (C=O) groups is 1.